The minimum absolute atomic E-state index is 0.0357. The number of nitrogens with one attached hydrogen (secondary N) is 2. The molecular weight excluding hydrogens is 268 g/mol. The zero-order chi connectivity index (χ0) is 13.8. The molecule has 0 radical (unpaired) electrons. The Morgan fingerprint density at radius 3 is 2.58 bits per heavy atom. The standard InChI is InChI=1S/C11H10N4O3S/c1-15-9(16)5-4-7(14-15)10(17)12-13-11(18)8-3-2-6-19-8/h2-6H,1H3,(H,12,17)(H,13,18). The van der Waals surface area contributed by atoms with E-state index in [0.717, 1.165) is 4.68 Å². The fourth-order valence-electron chi connectivity index (χ4n) is 1.27. The Kier molecular flexibility index (Phi) is 3.71. The highest BCUT2D eigenvalue weighted by atomic mass is 32.1. The molecule has 0 aromatic carbocycles. The second kappa shape index (κ2) is 5.44. The van der Waals surface area contributed by atoms with E-state index < -0.39 is 11.8 Å². The number of rotatable bonds is 2. The van der Waals surface area contributed by atoms with Gasteiger partial charge < -0.3 is 0 Å². The number of aryl methyl sites for hydroxylation is 1. The van der Waals surface area contributed by atoms with Crippen molar-refractivity contribution >= 4 is 23.2 Å². The van der Waals surface area contributed by atoms with E-state index in [2.05, 4.69) is 16.0 Å². The molecule has 0 spiro atoms. The molecule has 0 fully saturated rings. The fraction of sp³-hybridized carbons (Fsp3) is 0.0909. The predicted molar refractivity (Wildman–Crippen MR) is 68.7 cm³/mol. The molecule has 8 heteroatoms. The maximum Gasteiger partial charge on any atom is 0.290 e. The molecule has 0 aliphatic carbocycles. The van der Waals surface area contributed by atoms with Gasteiger partial charge >= 0.3 is 0 Å². The van der Waals surface area contributed by atoms with Gasteiger partial charge in [0.05, 0.1) is 4.88 Å². The Bertz CT molecular complexity index is 663. The van der Waals surface area contributed by atoms with Gasteiger partial charge in [0.1, 0.15) is 0 Å². The topological polar surface area (TPSA) is 93.1 Å². The fourth-order valence-corrected chi connectivity index (χ4v) is 1.89. The van der Waals surface area contributed by atoms with Crippen LogP contribution in [-0.2, 0) is 7.05 Å². The number of hydrogen-bond acceptors (Lipinski definition) is 5. The van der Waals surface area contributed by atoms with E-state index in [9.17, 15) is 14.4 Å². The molecule has 2 aromatic heterocycles. The highest BCUT2D eigenvalue weighted by molar-refractivity contribution is 7.12. The third-order valence-corrected chi connectivity index (χ3v) is 3.10. The van der Waals surface area contributed by atoms with Crippen molar-refractivity contribution in [2.45, 2.75) is 0 Å². The van der Waals surface area contributed by atoms with Crippen molar-refractivity contribution in [3.05, 3.63) is 50.6 Å². The lowest BCUT2D eigenvalue weighted by Gasteiger charge is -2.06. The van der Waals surface area contributed by atoms with Crippen molar-refractivity contribution < 1.29 is 9.59 Å². The highest BCUT2D eigenvalue weighted by Gasteiger charge is 2.11. The number of carbonyl (C=O) groups excluding carboxylic acids is 2. The summed E-state index contributed by atoms with van der Waals surface area (Å²) in [5.74, 6) is -1.01. The Morgan fingerprint density at radius 2 is 1.95 bits per heavy atom. The number of aromatic nitrogens is 2. The summed E-state index contributed by atoms with van der Waals surface area (Å²) in [4.78, 5) is 34.8. The molecule has 19 heavy (non-hydrogen) atoms. The summed E-state index contributed by atoms with van der Waals surface area (Å²) in [7, 11) is 1.43. The van der Waals surface area contributed by atoms with Crippen molar-refractivity contribution in [1.29, 1.82) is 0 Å². The molecule has 2 heterocycles. The van der Waals surface area contributed by atoms with Crippen molar-refractivity contribution in [3.63, 3.8) is 0 Å². The predicted octanol–water partition coefficient (Wildman–Crippen LogP) is -0.0834. The third kappa shape index (κ3) is 3.05. The first-order valence-corrected chi connectivity index (χ1v) is 6.14. The van der Waals surface area contributed by atoms with Gasteiger partial charge in [-0.05, 0) is 17.5 Å². The first-order valence-electron chi connectivity index (χ1n) is 5.26. The first-order chi connectivity index (χ1) is 9.08. The number of carbonyl (C=O) groups is 2. The van der Waals surface area contributed by atoms with Gasteiger partial charge in [-0.3, -0.25) is 25.2 Å². The van der Waals surface area contributed by atoms with Gasteiger partial charge in [-0.2, -0.15) is 5.10 Å². The molecule has 2 aromatic rings. The van der Waals surface area contributed by atoms with Crippen LogP contribution in [0.5, 0.6) is 0 Å². The maximum absolute atomic E-state index is 11.7. The van der Waals surface area contributed by atoms with Gasteiger partial charge in [0.2, 0.25) is 0 Å². The Balaban J connectivity index is 2.00. The summed E-state index contributed by atoms with van der Waals surface area (Å²) in [6.45, 7) is 0. The van der Waals surface area contributed by atoms with Crippen LogP contribution in [0.1, 0.15) is 20.2 Å². The van der Waals surface area contributed by atoms with Crippen LogP contribution in [0.15, 0.2) is 34.4 Å². The summed E-state index contributed by atoms with van der Waals surface area (Å²) >= 11 is 1.26. The van der Waals surface area contributed by atoms with Crippen LogP contribution in [-0.4, -0.2) is 21.6 Å². The van der Waals surface area contributed by atoms with E-state index in [1.165, 1.54) is 30.5 Å². The van der Waals surface area contributed by atoms with Crippen LogP contribution in [0.4, 0.5) is 0 Å². The zero-order valence-electron chi connectivity index (χ0n) is 9.91. The van der Waals surface area contributed by atoms with Crippen molar-refractivity contribution in [2.24, 2.45) is 7.05 Å². The van der Waals surface area contributed by atoms with Crippen LogP contribution in [0.25, 0.3) is 0 Å². The van der Waals surface area contributed by atoms with Crippen molar-refractivity contribution in [2.75, 3.05) is 0 Å². The van der Waals surface area contributed by atoms with E-state index in [1.54, 1.807) is 17.5 Å². The second-order valence-corrected chi connectivity index (χ2v) is 4.51. The van der Waals surface area contributed by atoms with Crippen molar-refractivity contribution in [1.82, 2.24) is 20.6 Å². The molecule has 2 rings (SSSR count). The summed E-state index contributed by atoms with van der Waals surface area (Å²) < 4.78 is 1.04. The van der Waals surface area contributed by atoms with Gasteiger partial charge in [-0.15, -0.1) is 11.3 Å². The third-order valence-electron chi connectivity index (χ3n) is 2.23. The van der Waals surface area contributed by atoms with Crippen molar-refractivity contribution in [3.8, 4) is 0 Å². The molecule has 0 atom stereocenters. The normalized spacial score (nSPS) is 9.95. The Hall–Kier alpha value is -2.48. The molecule has 0 bridgehead atoms. The minimum atomic E-state index is -0.597. The van der Waals surface area contributed by atoms with Gasteiger partial charge in [-0.25, -0.2) is 4.68 Å². The van der Waals surface area contributed by atoms with E-state index in [4.69, 9.17) is 0 Å². The molecule has 0 saturated heterocycles. The first kappa shape index (κ1) is 13.0. The zero-order valence-corrected chi connectivity index (χ0v) is 10.7. The average molecular weight is 278 g/mol. The van der Waals surface area contributed by atoms with Gasteiger partial charge in [0.15, 0.2) is 5.69 Å². The van der Waals surface area contributed by atoms with Gasteiger partial charge in [0, 0.05) is 13.1 Å². The molecule has 0 aliphatic rings. The largest absolute Gasteiger partial charge is 0.290 e. The number of amides is 2. The van der Waals surface area contributed by atoms with E-state index in [0.29, 0.717) is 4.88 Å². The second-order valence-electron chi connectivity index (χ2n) is 3.57. The summed E-state index contributed by atoms with van der Waals surface area (Å²) in [5.41, 5.74) is 4.20. The van der Waals surface area contributed by atoms with Crippen LogP contribution in [0, 0.1) is 0 Å². The van der Waals surface area contributed by atoms with E-state index in [-0.39, 0.29) is 11.3 Å². The molecular formula is C11H10N4O3S. The van der Waals surface area contributed by atoms with Gasteiger partial charge in [-0.1, -0.05) is 6.07 Å². The van der Waals surface area contributed by atoms with Crippen LogP contribution < -0.4 is 16.4 Å². The molecule has 2 amide bonds. The lowest BCUT2D eigenvalue weighted by molar-refractivity contribution is 0.0845. The van der Waals surface area contributed by atoms with Crippen LogP contribution in [0.2, 0.25) is 0 Å². The maximum atomic E-state index is 11.7. The smallest absolute Gasteiger partial charge is 0.268 e. The molecule has 2 N–H and O–H groups in total. The molecule has 0 saturated carbocycles. The number of hydrazine groups is 1. The van der Waals surface area contributed by atoms with E-state index in [1.807, 2.05) is 0 Å². The van der Waals surface area contributed by atoms with Crippen LogP contribution in [0.3, 0.4) is 0 Å². The average Bonchev–Trinajstić information content (AvgIpc) is 2.92. The molecule has 7 nitrogen and oxygen atoms in total. The van der Waals surface area contributed by atoms with E-state index >= 15 is 0 Å². The monoisotopic (exact) mass is 278 g/mol. The number of nitrogens with zero attached hydrogens (tertiary/aromatic N) is 2. The van der Waals surface area contributed by atoms with Crippen LogP contribution >= 0.6 is 11.3 Å². The number of thiophene rings is 1. The quantitative estimate of drug-likeness (QED) is 0.751. The SMILES string of the molecule is Cn1nc(C(=O)NNC(=O)c2cccs2)ccc1=O. The minimum Gasteiger partial charge on any atom is -0.268 e. The summed E-state index contributed by atoms with van der Waals surface area (Å²) in [6.07, 6.45) is 0. The highest BCUT2D eigenvalue weighted by Crippen LogP contribution is 2.07. The lowest BCUT2D eigenvalue weighted by atomic mass is 10.4. The lowest BCUT2D eigenvalue weighted by Crippen LogP contribution is -2.42. The Morgan fingerprint density at radius 1 is 1.21 bits per heavy atom. The number of hydrogen-bond donors (Lipinski definition) is 2. The summed E-state index contributed by atoms with van der Waals surface area (Å²) in [6, 6.07) is 5.88. The summed E-state index contributed by atoms with van der Waals surface area (Å²) in [5, 5.41) is 5.51. The van der Waals surface area contributed by atoms with Gasteiger partial charge in [0.25, 0.3) is 17.4 Å². The molecule has 0 aliphatic heterocycles. The molecule has 0 unspecified atom stereocenters. The Labute approximate surface area is 111 Å². The molecule has 98 valence electrons.